The highest BCUT2D eigenvalue weighted by Crippen LogP contribution is 2.62. The molecule has 1 aliphatic heterocycles. The molecule has 9 nitrogen and oxygen atoms in total. The number of imidazole rings is 1. The molecule has 1 unspecified atom stereocenters. The van der Waals surface area contributed by atoms with Crippen molar-refractivity contribution in [3.8, 4) is 22.6 Å². The Morgan fingerprint density at radius 1 is 0.590 bits per heavy atom. The highest BCUT2D eigenvalue weighted by Gasteiger charge is 2.74. The molecule has 1 saturated heterocycles. The summed E-state index contributed by atoms with van der Waals surface area (Å²) in [6.07, 6.45) is 1.85. The average Bonchev–Trinajstić information content (AvgIpc) is 3.99. The minimum Gasteiger partial charge on any atom is -0.365 e. The van der Waals surface area contributed by atoms with Gasteiger partial charge in [-0.1, -0.05) is 89.7 Å². The summed E-state index contributed by atoms with van der Waals surface area (Å²) < 4.78 is 3.37. The standard InChI is InChI=1S/C24H17Cl2N3O2.C24H17Cl2N3O/c1-27-19-4-2-3-16(15-19)24(31)23(13-14-23)28(20-9-5-17(25)6-10-20)22(30)29(24)21-11-7-18(26)8-12-21;1-3-22-23(16-5-4-6-19(15-16)27-2)29(21-13-9-18(26)10-14-21)24(30)28(22)20-11-7-17(25)8-12-20/h2-12,15,31H,13-14H2;4-15H,3H2,1H3. The van der Waals surface area contributed by atoms with Gasteiger partial charge in [0.05, 0.1) is 35.9 Å². The number of aromatic nitrogens is 2. The van der Waals surface area contributed by atoms with Crippen LogP contribution in [0.3, 0.4) is 0 Å². The molecular weight excluding hydrogens is 850 g/mol. The van der Waals surface area contributed by atoms with Crippen LogP contribution < -0.4 is 15.5 Å². The molecule has 2 amide bonds. The van der Waals surface area contributed by atoms with Crippen LogP contribution in [0.2, 0.25) is 20.1 Å². The number of aliphatic hydroxyl groups is 1. The van der Waals surface area contributed by atoms with Crippen molar-refractivity contribution in [1.82, 2.24) is 9.13 Å². The first kappa shape index (κ1) is 41.4. The van der Waals surface area contributed by atoms with Gasteiger partial charge in [-0.3, -0.25) is 18.9 Å². The monoisotopic (exact) mass is 882 g/mol. The molecule has 2 heterocycles. The second-order valence-electron chi connectivity index (χ2n) is 14.5. The maximum absolute atomic E-state index is 13.8. The second-order valence-corrected chi connectivity index (χ2v) is 16.2. The molecule has 2 aliphatic rings. The number of carbonyl (C=O) groups is 1. The molecule has 1 N–H and O–H groups in total. The van der Waals surface area contributed by atoms with Crippen LogP contribution in [0.25, 0.3) is 32.3 Å². The summed E-state index contributed by atoms with van der Waals surface area (Å²) in [5, 5.41) is 14.6. The highest BCUT2D eigenvalue weighted by molar-refractivity contribution is 6.31. The van der Waals surface area contributed by atoms with Crippen LogP contribution in [0.4, 0.5) is 27.5 Å². The van der Waals surface area contributed by atoms with Gasteiger partial charge in [0.2, 0.25) is 0 Å². The van der Waals surface area contributed by atoms with E-state index in [0.29, 0.717) is 73.4 Å². The van der Waals surface area contributed by atoms with Crippen LogP contribution in [0.5, 0.6) is 0 Å². The molecule has 13 heteroatoms. The first-order valence-electron chi connectivity index (χ1n) is 19.2. The summed E-state index contributed by atoms with van der Waals surface area (Å²) in [4.78, 5) is 37.6. The molecule has 7 aromatic rings. The number of amides is 2. The zero-order valence-corrected chi connectivity index (χ0v) is 35.5. The maximum atomic E-state index is 13.8. The molecule has 61 heavy (non-hydrogen) atoms. The van der Waals surface area contributed by atoms with Crippen LogP contribution in [-0.2, 0) is 12.1 Å². The molecule has 1 spiro atoms. The highest BCUT2D eigenvalue weighted by atomic mass is 35.5. The summed E-state index contributed by atoms with van der Waals surface area (Å²) in [7, 11) is 0. The minimum absolute atomic E-state index is 0.195. The van der Waals surface area contributed by atoms with Gasteiger partial charge in [0.15, 0.2) is 17.1 Å². The third kappa shape index (κ3) is 7.35. The van der Waals surface area contributed by atoms with Crippen LogP contribution in [-0.4, -0.2) is 25.8 Å². The van der Waals surface area contributed by atoms with Gasteiger partial charge in [0, 0.05) is 31.5 Å². The molecule has 1 aliphatic carbocycles. The van der Waals surface area contributed by atoms with Crippen LogP contribution in [0.15, 0.2) is 150 Å². The Hall–Kier alpha value is -6.30. The molecule has 0 radical (unpaired) electrons. The van der Waals surface area contributed by atoms with Gasteiger partial charge < -0.3 is 5.11 Å². The molecule has 2 fully saturated rings. The summed E-state index contributed by atoms with van der Waals surface area (Å²) >= 11 is 24.3. The summed E-state index contributed by atoms with van der Waals surface area (Å²) in [5.74, 6) is 0. The van der Waals surface area contributed by atoms with E-state index in [2.05, 4.69) is 9.69 Å². The van der Waals surface area contributed by atoms with Gasteiger partial charge in [-0.25, -0.2) is 19.3 Å². The van der Waals surface area contributed by atoms with Gasteiger partial charge in [0.1, 0.15) is 5.54 Å². The fraction of sp³-hybridized carbons (Fsp3) is 0.125. The normalized spacial score (nSPS) is 16.2. The molecule has 0 bridgehead atoms. The van der Waals surface area contributed by atoms with Gasteiger partial charge >= 0.3 is 11.7 Å². The predicted octanol–water partition coefficient (Wildman–Crippen LogP) is 13.1. The third-order valence-corrected chi connectivity index (χ3v) is 12.0. The Morgan fingerprint density at radius 2 is 1.03 bits per heavy atom. The Labute approximate surface area is 372 Å². The lowest BCUT2D eigenvalue weighted by molar-refractivity contribution is 0.0222. The summed E-state index contributed by atoms with van der Waals surface area (Å²) in [6, 6.07) is 41.9. The van der Waals surface area contributed by atoms with Gasteiger partial charge in [-0.2, -0.15) is 0 Å². The fourth-order valence-electron chi connectivity index (χ4n) is 8.08. The smallest absolute Gasteiger partial charge is 0.338 e. The van der Waals surface area contributed by atoms with E-state index in [1.807, 2.05) is 43.3 Å². The first-order chi connectivity index (χ1) is 29.4. The Morgan fingerprint density at radius 3 is 1.51 bits per heavy atom. The number of anilines is 2. The summed E-state index contributed by atoms with van der Waals surface area (Å²) in [6.45, 7) is 16.8. The lowest BCUT2D eigenvalue weighted by Crippen LogP contribution is -2.51. The van der Waals surface area contributed by atoms with E-state index in [9.17, 15) is 14.7 Å². The lowest BCUT2D eigenvalue weighted by atomic mass is 9.91. The number of hydrogen-bond acceptors (Lipinski definition) is 3. The lowest BCUT2D eigenvalue weighted by Gasteiger charge is -2.38. The number of halogens is 4. The number of rotatable bonds is 7. The van der Waals surface area contributed by atoms with Crippen molar-refractivity contribution in [2.24, 2.45) is 0 Å². The topological polar surface area (TPSA) is 79.4 Å². The van der Waals surface area contributed by atoms with Crippen LogP contribution in [0, 0.1) is 13.1 Å². The molecule has 302 valence electrons. The van der Waals surface area contributed by atoms with Crippen molar-refractivity contribution in [2.75, 3.05) is 9.80 Å². The van der Waals surface area contributed by atoms with Crippen LogP contribution >= 0.6 is 46.4 Å². The summed E-state index contributed by atoms with van der Waals surface area (Å²) in [5.41, 5.74) is 3.71. The van der Waals surface area contributed by atoms with E-state index in [4.69, 9.17) is 59.5 Å². The third-order valence-electron chi connectivity index (χ3n) is 11.0. The molecular formula is C48H34Cl4N6O3. The number of urea groups is 1. The Balaban J connectivity index is 0.000000169. The van der Waals surface area contributed by atoms with Gasteiger partial charge in [0.25, 0.3) is 0 Å². The predicted molar refractivity (Wildman–Crippen MR) is 244 cm³/mol. The van der Waals surface area contributed by atoms with Crippen molar-refractivity contribution in [1.29, 1.82) is 0 Å². The Kier molecular flexibility index (Phi) is 11.3. The molecule has 1 saturated carbocycles. The van der Waals surface area contributed by atoms with Crippen molar-refractivity contribution >= 4 is 75.2 Å². The largest absolute Gasteiger partial charge is 0.365 e. The minimum atomic E-state index is -1.67. The van der Waals surface area contributed by atoms with Crippen LogP contribution in [0.1, 0.15) is 31.0 Å². The number of benzene rings is 6. The Bertz CT molecular complexity index is 2930. The van der Waals surface area contributed by atoms with E-state index in [1.54, 1.807) is 123 Å². The fourth-order valence-corrected chi connectivity index (χ4v) is 8.58. The number of carbonyl (C=O) groups excluding carboxylic acids is 1. The maximum Gasteiger partial charge on any atom is 0.338 e. The zero-order chi connectivity index (χ0) is 43.1. The zero-order valence-electron chi connectivity index (χ0n) is 32.4. The van der Waals surface area contributed by atoms with E-state index in [0.717, 1.165) is 22.6 Å². The first-order valence-corrected chi connectivity index (χ1v) is 20.7. The molecule has 1 aromatic heterocycles. The van der Waals surface area contributed by atoms with Crippen molar-refractivity contribution in [3.05, 3.63) is 210 Å². The van der Waals surface area contributed by atoms with E-state index in [1.165, 1.54) is 4.90 Å². The van der Waals surface area contributed by atoms with Crippen molar-refractivity contribution in [2.45, 2.75) is 37.5 Å². The SMILES string of the molecule is [C-]#[N+]c1cccc(-c2c(CC)n(-c3ccc(Cl)cc3)c(=O)n2-c2ccc(Cl)cc2)c1.[C-]#[N+]c1cccc(C2(O)N(c3ccc(Cl)cc3)C(=O)N(c3ccc(Cl)cc3)C23CC3)c1. The number of hydrogen-bond donors (Lipinski definition) is 1. The average molecular weight is 885 g/mol. The van der Waals surface area contributed by atoms with E-state index >= 15 is 0 Å². The second kappa shape index (κ2) is 16.6. The molecule has 6 aromatic carbocycles. The molecule has 9 rings (SSSR count). The van der Waals surface area contributed by atoms with Gasteiger partial charge in [-0.05, 0) is 140 Å². The number of nitrogens with zero attached hydrogens (tertiary/aromatic N) is 6. The van der Waals surface area contributed by atoms with Crippen molar-refractivity contribution < 1.29 is 9.90 Å². The van der Waals surface area contributed by atoms with E-state index < -0.39 is 11.3 Å². The molecule has 1 atom stereocenters. The van der Waals surface area contributed by atoms with Gasteiger partial charge in [-0.15, -0.1) is 0 Å². The van der Waals surface area contributed by atoms with E-state index in [-0.39, 0.29) is 11.7 Å². The quantitative estimate of drug-likeness (QED) is 0.162. The van der Waals surface area contributed by atoms with Crippen molar-refractivity contribution in [3.63, 3.8) is 0 Å².